The van der Waals surface area contributed by atoms with E-state index in [2.05, 4.69) is 11.1 Å². The van der Waals surface area contributed by atoms with E-state index in [1.54, 1.807) is 12.1 Å². The van der Waals surface area contributed by atoms with Crippen molar-refractivity contribution in [2.75, 3.05) is 13.2 Å². The van der Waals surface area contributed by atoms with Crippen molar-refractivity contribution in [1.29, 1.82) is 0 Å². The number of pyridine rings is 1. The lowest BCUT2D eigenvalue weighted by Gasteiger charge is -2.49. The Hall–Kier alpha value is -1.92. The zero-order chi connectivity index (χ0) is 19.3. The number of carbonyl (C=O) groups is 1. The summed E-state index contributed by atoms with van der Waals surface area (Å²) in [4.78, 5) is 16.8. The van der Waals surface area contributed by atoms with Crippen LogP contribution in [0.1, 0.15) is 38.3 Å². The van der Waals surface area contributed by atoms with E-state index in [1.807, 2.05) is 13.0 Å². The van der Waals surface area contributed by atoms with Crippen LogP contribution in [0.4, 0.5) is 0 Å². The number of aromatic hydroxyl groups is 1. The molecule has 6 heteroatoms. The van der Waals surface area contributed by atoms with E-state index < -0.39 is 5.79 Å². The molecule has 3 heterocycles. The number of hydrogen-bond donors (Lipinski definition) is 1. The summed E-state index contributed by atoms with van der Waals surface area (Å²) in [6, 6.07) is 3.45. The summed E-state index contributed by atoms with van der Waals surface area (Å²) >= 11 is 0. The van der Waals surface area contributed by atoms with Gasteiger partial charge in [-0.15, -0.1) is 0 Å². The third-order valence-electron chi connectivity index (χ3n) is 7.22. The Labute approximate surface area is 164 Å². The summed E-state index contributed by atoms with van der Waals surface area (Å²) in [6.07, 6.45) is 9.32. The number of nitrogens with zero attached hydrogens (tertiary/aromatic N) is 1. The summed E-state index contributed by atoms with van der Waals surface area (Å²) in [5, 5.41) is 9.45. The van der Waals surface area contributed by atoms with Crippen LogP contribution in [0.3, 0.4) is 0 Å². The molecule has 2 saturated carbocycles. The van der Waals surface area contributed by atoms with Crippen LogP contribution >= 0.6 is 0 Å². The van der Waals surface area contributed by atoms with Crippen molar-refractivity contribution in [3.05, 3.63) is 30.1 Å². The SMILES string of the molecule is C[C@H]1OC(=O)[C@@H]2C[C@@H]3CC4(CCC3C(/C=C/c3ccc(O)cn3)[C@H]12)OCCO4. The van der Waals surface area contributed by atoms with Gasteiger partial charge in [0.1, 0.15) is 11.9 Å². The fraction of sp³-hybridized carbons (Fsp3) is 0.636. The second-order valence-corrected chi connectivity index (χ2v) is 8.71. The third-order valence-corrected chi connectivity index (χ3v) is 7.22. The van der Waals surface area contributed by atoms with Crippen LogP contribution in [0.5, 0.6) is 5.75 Å². The number of carbonyl (C=O) groups excluding carboxylic acids is 1. The molecule has 1 aromatic heterocycles. The largest absolute Gasteiger partial charge is 0.506 e. The molecule has 2 saturated heterocycles. The molecule has 5 rings (SSSR count). The highest BCUT2D eigenvalue weighted by Gasteiger charge is 2.57. The van der Waals surface area contributed by atoms with Gasteiger partial charge < -0.3 is 19.3 Å². The number of rotatable bonds is 2. The Bertz CT molecular complexity index is 770. The van der Waals surface area contributed by atoms with Gasteiger partial charge in [-0.1, -0.05) is 6.08 Å². The van der Waals surface area contributed by atoms with E-state index in [4.69, 9.17) is 14.2 Å². The molecule has 2 aliphatic carbocycles. The van der Waals surface area contributed by atoms with Gasteiger partial charge in [-0.3, -0.25) is 9.78 Å². The van der Waals surface area contributed by atoms with Crippen LogP contribution in [0.2, 0.25) is 0 Å². The Balaban J connectivity index is 1.44. The smallest absolute Gasteiger partial charge is 0.309 e. The van der Waals surface area contributed by atoms with Gasteiger partial charge in [0.25, 0.3) is 0 Å². The van der Waals surface area contributed by atoms with Crippen molar-refractivity contribution < 1.29 is 24.1 Å². The summed E-state index contributed by atoms with van der Waals surface area (Å²) < 4.78 is 17.6. The highest BCUT2D eigenvalue weighted by Crippen LogP contribution is 2.56. The van der Waals surface area contributed by atoms with E-state index in [1.165, 1.54) is 6.20 Å². The van der Waals surface area contributed by atoms with E-state index >= 15 is 0 Å². The lowest BCUT2D eigenvalue weighted by Crippen LogP contribution is -2.49. The first-order valence-corrected chi connectivity index (χ1v) is 10.4. The molecule has 2 unspecified atom stereocenters. The average Bonchev–Trinajstić information content (AvgIpc) is 3.24. The quantitative estimate of drug-likeness (QED) is 0.788. The van der Waals surface area contributed by atoms with Crippen LogP contribution in [0.25, 0.3) is 6.08 Å². The molecule has 1 aromatic rings. The number of hydrogen-bond acceptors (Lipinski definition) is 6. The highest BCUT2D eigenvalue weighted by molar-refractivity contribution is 5.75. The van der Waals surface area contributed by atoms with Gasteiger partial charge in [0, 0.05) is 18.8 Å². The standard InChI is InChI=1S/C22H27NO5/c1-13-20-18(5-3-15-2-4-16(24)12-23-15)17-6-7-22(26-8-9-27-22)11-14(17)10-19(20)21(25)28-13/h2-5,12-14,17-20,24H,6-11H2,1H3/b5-3+/t13-,14-,17?,18?,19-,20+/m1/s1. The monoisotopic (exact) mass is 385 g/mol. The first-order chi connectivity index (χ1) is 13.5. The predicted molar refractivity (Wildman–Crippen MR) is 101 cm³/mol. The molecular formula is C22H27NO5. The Morgan fingerprint density at radius 2 is 2.11 bits per heavy atom. The van der Waals surface area contributed by atoms with Crippen molar-refractivity contribution in [3.63, 3.8) is 0 Å². The van der Waals surface area contributed by atoms with Gasteiger partial charge in [0.05, 0.1) is 31.0 Å². The number of ether oxygens (including phenoxy) is 3. The molecule has 28 heavy (non-hydrogen) atoms. The number of cyclic esters (lactones) is 1. The molecule has 0 aromatic carbocycles. The van der Waals surface area contributed by atoms with Crippen molar-refractivity contribution in [2.24, 2.45) is 29.6 Å². The topological polar surface area (TPSA) is 77.9 Å². The molecule has 6 atom stereocenters. The molecular weight excluding hydrogens is 358 g/mol. The van der Waals surface area contributed by atoms with Crippen LogP contribution in [-0.4, -0.2) is 41.2 Å². The highest BCUT2D eigenvalue weighted by atomic mass is 16.7. The number of esters is 1. The predicted octanol–water partition coefficient (Wildman–Crippen LogP) is 3.16. The van der Waals surface area contributed by atoms with Gasteiger partial charge in [0.2, 0.25) is 0 Å². The van der Waals surface area contributed by atoms with Crippen molar-refractivity contribution >= 4 is 12.0 Å². The molecule has 0 radical (unpaired) electrons. The molecule has 0 amide bonds. The molecule has 1 spiro atoms. The van der Waals surface area contributed by atoms with Crippen molar-refractivity contribution in [3.8, 4) is 5.75 Å². The molecule has 0 bridgehead atoms. The van der Waals surface area contributed by atoms with E-state index in [9.17, 15) is 9.90 Å². The minimum Gasteiger partial charge on any atom is -0.506 e. The molecule has 4 aliphatic rings. The minimum absolute atomic E-state index is 0.0461. The lowest BCUT2D eigenvalue weighted by molar-refractivity contribution is -0.204. The van der Waals surface area contributed by atoms with Crippen molar-refractivity contribution in [1.82, 2.24) is 4.98 Å². The summed E-state index contributed by atoms with van der Waals surface area (Å²) in [6.45, 7) is 3.35. The summed E-state index contributed by atoms with van der Waals surface area (Å²) in [5.41, 5.74) is 0.809. The number of allylic oxidation sites excluding steroid dienone is 1. The van der Waals surface area contributed by atoms with Crippen LogP contribution in [0.15, 0.2) is 24.4 Å². The minimum atomic E-state index is -0.436. The van der Waals surface area contributed by atoms with Gasteiger partial charge in [-0.05, 0) is 55.7 Å². The Morgan fingerprint density at radius 1 is 1.29 bits per heavy atom. The number of fused-ring (bicyclic) bond motifs is 2. The fourth-order valence-electron chi connectivity index (χ4n) is 6.06. The van der Waals surface area contributed by atoms with Crippen LogP contribution < -0.4 is 0 Å². The van der Waals surface area contributed by atoms with E-state index in [-0.39, 0.29) is 35.6 Å². The molecule has 4 fully saturated rings. The van der Waals surface area contributed by atoms with Gasteiger partial charge >= 0.3 is 5.97 Å². The van der Waals surface area contributed by atoms with Gasteiger partial charge in [0.15, 0.2) is 5.79 Å². The normalized spacial score (nSPS) is 39.1. The lowest BCUT2D eigenvalue weighted by atomic mass is 9.56. The number of aromatic nitrogens is 1. The second kappa shape index (κ2) is 6.85. The zero-order valence-electron chi connectivity index (χ0n) is 16.1. The second-order valence-electron chi connectivity index (χ2n) is 8.71. The average molecular weight is 385 g/mol. The molecule has 6 nitrogen and oxygen atoms in total. The Kier molecular flexibility index (Phi) is 4.43. The summed E-state index contributed by atoms with van der Waals surface area (Å²) in [7, 11) is 0. The molecule has 150 valence electrons. The zero-order valence-corrected chi connectivity index (χ0v) is 16.1. The molecule has 1 N–H and O–H groups in total. The first-order valence-electron chi connectivity index (χ1n) is 10.4. The van der Waals surface area contributed by atoms with Crippen LogP contribution in [0, 0.1) is 29.6 Å². The van der Waals surface area contributed by atoms with E-state index in [0.29, 0.717) is 25.0 Å². The van der Waals surface area contributed by atoms with Crippen molar-refractivity contribution in [2.45, 2.75) is 44.5 Å². The maximum Gasteiger partial charge on any atom is 0.309 e. The van der Waals surface area contributed by atoms with E-state index in [0.717, 1.165) is 31.4 Å². The fourth-order valence-corrected chi connectivity index (χ4v) is 6.06. The van der Waals surface area contributed by atoms with Gasteiger partial charge in [-0.2, -0.15) is 0 Å². The molecule has 2 aliphatic heterocycles. The van der Waals surface area contributed by atoms with Gasteiger partial charge in [-0.25, -0.2) is 0 Å². The third kappa shape index (κ3) is 3.03. The first kappa shape index (κ1) is 18.1. The summed E-state index contributed by atoms with van der Waals surface area (Å²) in [5.74, 6) is 0.988. The maximum absolute atomic E-state index is 12.5. The Morgan fingerprint density at radius 3 is 2.86 bits per heavy atom. The van der Waals surface area contributed by atoms with Crippen LogP contribution in [-0.2, 0) is 19.0 Å². The maximum atomic E-state index is 12.5.